The molecule has 134 valence electrons. The lowest BCUT2D eigenvalue weighted by Crippen LogP contribution is -2.29. The molecule has 26 heavy (non-hydrogen) atoms. The van der Waals surface area contributed by atoms with Crippen molar-refractivity contribution in [3.8, 4) is 23.3 Å². The van der Waals surface area contributed by atoms with Crippen LogP contribution in [0.25, 0.3) is 0 Å². The average Bonchev–Trinajstić information content (AvgIpc) is 3.38. The lowest BCUT2D eigenvalue weighted by Gasteiger charge is -2.20. The van der Waals surface area contributed by atoms with E-state index in [1.165, 1.54) is 0 Å². The van der Waals surface area contributed by atoms with E-state index in [4.69, 9.17) is 18.6 Å². The Kier molecular flexibility index (Phi) is 4.55. The first-order chi connectivity index (χ1) is 12.7. The minimum Gasteiger partial charge on any atom is -0.461 e. The molecular weight excluding hydrogens is 334 g/mol. The topological polar surface area (TPSA) is 61.1 Å². The number of methoxy groups -OCH3 is 1. The molecule has 0 bridgehead atoms. The van der Waals surface area contributed by atoms with E-state index in [0.717, 1.165) is 29.9 Å². The molecule has 2 aliphatic heterocycles. The van der Waals surface area contributed by atoms with Crippen LogP contribution in [-0.4, -0.2) is 31.3 Å². The summed E-state index contributed by atoms with van der Waals surface area (Å²) in [4.78, 5) is 14.4. The van der Waals surface area contributed by atoms with Crippen LogP contribution >= 0.6 is 0 Å². The third-order valence-corrected chi connectivity index (χ3v) is 4.50. The second kappa shape index (κ2) is 7.14. The maximum Gasteiger partial charge on any atom is 0.299 e. The highest BCUT2D eigenvalue weighted by Gasteiger charge is 2.31. The number of carbonyl (C=O) groups excluding carboxylic acids is 1. The Morgan fingerprint density at radius 3 is 3.04 bits per heavy atom. The first-order valence-corrected chi connectivity index (χ1v) is 8.54. The number of carbonyl (C=O) groups is 1. The fraction of sp³-hybridized carbons (Fsp3) is 0.350. The van der Waals surface area contributed by atoms with Gasteiger partial charge in [-0.1, -0.05) is 5.92 Å². The Hall–Kier alpha value is -2.91. The number of nitrogens with zero attached hydrogens (tertiary/aromatic N) is 1. The summed E-state index contributed by atoms with van der Waals surface area (Å²) in [6.45, 7) is 1.32. The van der Waals surface area contributed by atoms with Crippen molar-refractivity contribution in [2.45, 2.75) is 25.5 Å². The van der Waals surface area contributed by atoms with E-state index < -0.39 is 0 Å². The average molecular weight is 353 g/mol. The van der Waals surface area contributed by atoms with Crippen LogP contribution in [0, 0.1) is 11.8 Å². The van der Waals surface area contributed by atoms with Crippen molar-refractivity contribution < 1.29 is 23.4 Å². The molecule has 1 aromatic heterocycles. The van der Waals surface area contributed by atoms with Gasteiger partial charge in [0.15, 0.2) is 11.5 Å². The maximum atomic E-state index is 12.6. The Balaban J connectivity index is 1.48. The number of amides is 1. The Morgan fingerprint density at radius 1 is 1.27 bits per heavy atom. The predicted molar refractivity (Wildman–Crippen MR) is 92.6 cm³/mol. The molecule has 2 aromatic rings. The van der Waals surface area contributed by atoms with Gasteiger partial charge in [0.25, 0.3) is 5.91 Å². The summed E-state index contributed by atoms with van der Waals surface area (Å²) in [6, 6.07) is 9.13. The molecule has 4 rings (SSSR count). The molecule has 0 saturated carbocycles. The maximum absolute atomic E-state index is 12.6. The molecule has 6 heteroatoms. The van der Waals surface area contributed by atoms with Crippen LogP contribution < -0.4 is 9.47 Å². The van der Waals surface area contributed by atoms with Crippen molar-refractivity contribution >= 4 is 5.91 Å². The van der Waals surface area contributed by atoms with Crippen LogP contribution in [0.4, 0.5) is 0 Å². The Labute approximate surface area is 151 Å². The zero-order valence-corrected chi connectivity index (χ0v) is 14.5. The molecule has 1 saturated heterocycles. The largest absolute Gasteiger partial charge is 0.461 e. The van der Waals surface area contributed by atoms with Crippen molar-refractivity contribution in [3.63, 3.8) is 0 Å². The van der Waals surface area contributed by atoms with Gasteiger partial charge < -0.3 is 23.5 Å². The zero-order valence-electron chi connectivity index (χ0n) is 14.5. The molecule has 6 nitrogen and oxygen atoms in total. The van der Waals surface area contributed by atoms with Gasteiger partial charge in [0.2, 0.25) is 6.79 Å². The number of furan rings is 1. The van der Waals surface area contributed by atoms with Crippen molar-refractivity contribution in [2.24, 2.45) is 0 Å². The summed E-state index contributed by atoms with van der Waals surface area (Å²) in [6.07, 6.45) is 1.81. The third-order valence-electron chi connectivity index (χ3n) is 4.50. The molecule has 1 aromatic carbocycles. The molecule has 2 aliphatic rings. The lowest BCUT2D eigenvalue weighted by atomic mass is 10.1. The molecule has 1 amide bonds. The van der Waals surface area contributed by atoms with E-state index in [-0.39, 0.29) is 18.7 Å². The number of ether oxygens (including phenoxy) is 3. The fourth-order valence-corrected chi connectivity index (χ4v) is 3.27. The molecule has 0 N–H and O–H groups in total. The van der Waals surface area contributed by atoms with Gasteiger partial charge in [0.1, 0.15) is 18.1 Å². The highest BCUT2D eigenvalue weighted by Crippen LogP contribution is 2.34. The van der Waals surface area contributed by atoms with E-state index in [9.17, 15) is 4.79 Å². The van der Waals surface area contributed by atoms with Crippen molar-refractivity contribution in [1.82, 2.24) is 4.90 Å². The van der Waals surface area contributed by atoms with E-state index in [0.29, 0.717) is 24.7 Å². The molecule has 0 radical (unpaired) electrons. The molecule has 3 heterocycles. The minimum absolute atomic E-state index is 0.0702. The van der Waals surface area contributed by atoms with Crippen LogP contribution in [0.1, 0.15) is 36.0 Å². The fourth-order valence-electron chi connectivity index (χ4n) is 3.27. The first-order valence-electron chi connectivity index (χ1n) is 8.54. The van der Waals surface area contributed by atoms with E-state index >= 15 is 0 Å². The highest BCUT2D eigenvalue weighted by atomic mass is 16.7. The molecule has 0 aliphatic carbocycles. The molecule has 1 atom stereocenters. The van der Waals surface area contributed by atoms with Crippen LogP contribution in [0.15, 0.2) is 34.7 Å². The van der Waals surface area contributed by atoms with E-state index in [2.05, 4.69) is 11.8 Å². The van der Waals surface area contributed by atoms with Crippen LogP contribution in [0.5, 0.6) is 11.5 Å². The van der Waals surface area contributed by atoms with Crippen LogP contribution in [-0.2, 0) is 16.1 Å². The van der Waals surface area contributed by atoms with E-state index in [1.807, 2.05) is 18.2 Å². The normalized spacial score (nSPS) is 17.9. The lowest BCUT2D eigenvalue weighted by molar-refractivity contribution is -0.126. The molecule has 1 fully saturated rings. The van der Waals surface area contributed by atoms with Gasteiger partial charge in [0.05, 0.1) is 6.04 Å². The predicted octanol–water partition coefficient (Wildman–Crippen LogP) is 2.87. The number of hydrogen-bond acceptors (Lipinski definition) is 5. The summed E-state index contributed by atoms with van der Waals surface area (Å²) in [7, 11) is 1.62. The second-order valence-corrected chi connectivity index (χ2v) is 6.21. The van der Waals surface area contributed by atoms with Crippen molar-refractivity contribution in [2.75, 3.05) is 20.4 Å². The SMILES string of the molecule is COCc1ccc(C2CCCN2C(=O)C#Cc2ccc3c(c2)OCO3)o1. The monoisotopic (exact) mass is 353 g/mol. The van der Waals surface area contributed by atoms with Crippen molar-refractivity contribution in [3.05, 3.63) is 47.4 Å². The van der Waals surface area contributed by atoms with Crippen LogP contribution in [0.3, 0.4) is 0 Å². The van der Waals surface area contributed by atoms with Crippen molar-refractivity contribution in [1.29, 1.82) is 0 Å². The number of likely N-dealkylation sites (tertiary alicyclic amines) is 1. The van der Waals surface area contributed by atoms with Gasteiger partial charge in [-0.15, -0.1) is 0 Å². The third kappa shape index (κ3) is 3.26. The van der Waals surface area contributed by atoms with E-state index in [1.54, 1.807) is 24.1 Å². The zero-order chi connectivity index (χ0) is 17.9. The standard InChI is InChI=1S/C20H19NO5/c1-23-12-15-6-8-17(26-15)16-3-2-10-21(16)20(22)9-5-14-4-7-18-19(11-14)25-13-24-18/h4,6-8,11,16H,2-3,10,12-13H2,1H3. The smallest absolute Gasteiger partial charge is 0.299 e. The van der Waals surface area contributed by atoms with Crippen LogP contribution in [0.2, 0.25) is 0 Å². The first kappa shape index (κ1) is 16.6. The highest BCUT2D eigenvalue weighted by molar-refractivity contribution is 5.94. The van der Waals surface area contributed by atoms with Gasteiger partial charge >= 0.3 is 0 Å². The van der Waals surface area contributed by atoms with Gasteiger partial charge in [-0.2, -0.15) is 0 Å². The number of benzene rings is 1. The molecule has 0 spiro atoms. The summed E-state index contributed by atoms with van der Waals surface area (Å²) in [5.74, 6) is 8.36. The number of hydrogen-bond donors (Lipinski definition) is 0. The molecule has 1 unspecified atom stereocenters. The number of rotatable bonds is 3. The number of fused-ring (bicyclic) bond motifs is 1. The quantitative estimate of drug-likeness (QED) is 0.794. The minimum atomic E-state index is -0.199. The Bertz CT molecular complexity index is 876. The van der Waals surface area contributed by atoms with Gasteiger partial charge in [-0.25, -0.2) is 0 Å². The summed E-state index contributed by atoms with van der Waals surface area (Å²) >= 11 is 0. The van der Waals surface area contributed by atoms with Gasteiger partial charge in [0, 0.05) is 25.1 Å². The van der Waals surface area contributed by atoms with Gasteiger partial charge in [-0.3, -0.25) is 4.79 Å². The summed E-state index contributed by atoms with van der Waals surface area (Å²) in [5, 5.41) is 0. The molecular formula is C20H19NO5. The second-order valence-electron chi connectivity index (χ2n) is 6.21. The summed E-state index contributed by atoms with van der Waals surface area (Å²) < 4.78 is 21.5. The van der Waals surface area contributed by atoms with Gasteiger partial charge in [-0.05, 0) is 43.2 Å². The summed E-state index contributed by atoms with van der Waals surface area (Å²) in [5.41, 5.74) is 0.721. The Morgan fingerprint density at radius 2 is 2.15 bits per heavy atom.